The SMILES string of the molecule is N#Cc1cc(COc2ccccc2C(F)(F)F)ccc1F. The fraction of sp³-hybridized carbons (Fsp3) is 0.133. The number of alkyl halides is 3. The van der Waals surface area contributed by atoms with Crippen LogP contribution in [0.4, 0.5) is 17.6 Å². The van der Waals surface area contributed by atoms with E-state index in [9.17, 15) is 17.6 Å². The maximum Gasteiger partial charge on any atom is 0.419 e. The summed E-state index contributed by atoms with van der Waals surface area (Å²) >= 11 is 0. The zero-order chi connectivity index (χ0) is 15.5. The van der Waals surface area contributed by atoms with E-state index in [1.54, 1.807) is 6.07 Å². The van der Waals surface area contributed by atoms with E-state index >= 15 is 0 Å². The van der Waals surface area contributed by atoms with Gasteiger partial charge in [0.05, 0.1) is 11.1 Å². The van der Waals surface area contributed by atoms with E-state index in [-0.39, 0.29) is 17.9 Å². The van der Waals surface area contributed by atoms with Crippen molar-refractivity contribution in [2.75, 3.05) is 0 Å². The van der Waals surface area contributed by atoms with Crippen molar-refractivity contribution in [3.05, 3.63) is 65.0 Å². The molecule has 2 nitrogen and oxygen atoms in total. The molecular formula is C15H9F4NO. The first kappa shape index (κ1) is 14.9. The van der Waals surface area contributed by atoms with Crippen molar-refractivity contribution in [2.45, 2.75) is 12.8 Å². The van der Waals surface area contributed by atoms with Gasteiger partial charge in [0.25, 0.3) is 0 Å². The first-order chi connectivity index (χ1) is 9.91. The summed E-state index contributed by atoms with van der Waals surface area (Å²) in [6.45, 7) is -0.192. The van der Waals surface area contributed by atoms with Crippen LogP contribution in [-0.2, 0) is 12.8 Å². The topological polar surface area (TPSA) is 33.0 Å². The van der Waals surface area contributed by atoms with Gasteiger partial charge in [0.15, 0.2) is 0 Å². The van der Waals surface area contributed by atoms with Gasteiger partial charge in [-0.15, -0.1) is 0 Å². The number of halogens is 4. The molecule has 0 saturated carbocycles. The van der Waals surface area contributed by atoms with Crippen LogP contribution >= 0.6 is 0 Å². The van der Waals surface area contributed by atoms with E-state index in [1.165, 1.54) is 30.3 Å². The minimum atomic E-state index is -4.52. The quantitative estimate of drug-likeness (QED) is 0.791. The monoisotopic (exact) mass is 295 g/mol. The molecule has 0 N–H and O–H groups in total. The molecule has 0 bridgehead atoms. The van der Waals surface area contributed by atoms with Crippen molar-refractivity contribution in [3.63, 3.8) is 0 Å². The average Bonchev–Trinajstić information content (AvgIpc) is 2.45. The number of hydrogen-bond donors (Lipinski definition) is 0. The van der Waals surface area contributed by atoms with Gasteiger partial charge in [-0.05, 0) is 29.8 Å². The van der Waals surface area contributed by atoms with Crippen LogP contribution < -0.4 is 4.74 Å². The second-order valence-corrected chi connectivity index (χ2v) is 4.21. The van der Waals surface area contributed by atoms with E-state index in [1.807, 2.05) is 0 Å². The smallest absolute Gasteiger partial charge is 0.419 e. The Labute approximate surface area is 118 Å². The third-order valence-electron chi connectivity index (χ3n) is 2.74. The summed E-state index contributed by atoms with van der Waals surface area (Å²) < 4.78 is 56.6. The Balaban J connectivity index is 2.20. The van der Waals surface area contributed by atoms with Gasteiger partial charge in [0, 0.05) is 0 Å². The highest BCUT2D eigenvalue weighted by Crippen LogP contribution is 2.36. The van der Waals surface area contributed by atoms with Crippen LogP contribution in [-0.4, -0.2) is 0 Å². The molecule has 0 spiro atoms. The van der Waals surface area contributed by atoms with Crippen LogP contribution in [0.3, 0.4) is 0 Å². The minimum absolute atomic E-state index is 0.180. The first-order valence-corrected chi connectivity index (χ1v) is 5.89. The molecule has 0 heterocycles. The third kappa shape index (κ3) is 3.51. The Morgan fingerprint density at radius 3 is 2.48 bits per heavy atom. The van der Waals surface area contributed by atoms with Gasteiger partial charge >= 0.3 is 6.18 Å². The van der Waals surface area contributed by atoms with Crippen LogP contribution in [0.5, 0.6) is 5.75 Å². The Bertz CT molecular complexity index is 689. The standard InChI is InChI=1S/C15H9F4NO/c16-13-6-5-10(7-11(13)8-20)9-21-14-4-2-1-3-12(14)15(17,18)19/h1-7H,9H2. The molecule has 0 amide bonds. The number of para-hydroxylation sites is 1. The molecule has 0 unspecified atom stereocenters. The number of nitriles is 1. The lowest BCUT2D eigenvalue weighted by atomic mass is 10.1. The van der Waals surface area contributed by atoms with Gasteiger partial charge in [0.2, 0.25) is 0 Å². The van der Waals surface area contributed by atoms with Crippen molar-refractivity contribution < 1.29 is 22.3 Å². The van der Waals surface area contributed by atoms with Crippen molar-refractivity contribution in [1.82, 2.24) is 0 Å². The van der Waals surface area contributed by atoms with Crippen LogP contribution in [0.1, 0.15) is 16.7 Å². The largest absolute Gasteiger partial charge is 0.488 e. The van der Waals surface area contributed by atoms with Crippen LogP contribution in [0.2, 0.25) is 0 Å². The molecule has 0 atom stereocenters. The molecule has 0 aliphatic rings. The second-order valence-electron chi connectivity index (χ2n) is 4.21. The lowest BCUT2D eigenvalue weighted by molar-refractivity contribution is -0.139. The molecule has 0 fully saturated rings. The number of benzene rings is 2. The fourth-order valence-corrected chi connectivity index (χ4v) is 1.74. The maximum atomic E-state index is 13.1. The van der Waals surface area contributed by atoms with Crippen LogP contribution in [0, 0.1) is 17.1 Å². The van der Waals surface area contributed by atoms with Gasteiger partial charge < -0.3 is 4.74 Å². The Morgan fingerprint density at radius 2 is 1.81 bits per heavy atom. The minimum Gasteiger partial charge on any atom is -0.488 e. The highest BCUT2D eigenvalue weighted by atomic mass is 19.4. The van der Waals surface area contributed by atoms with Crippen molar-refractivity contribution in [2.24, 2.45) is 0 Å². The molecule has 2 aromatic carbocycles. The summed E-state index contributed by atoms with van der Waals surface area (Å²) in [5.74, 6) is -0.996. The normalized spacial score (nSPS) is 11.0. The lowest BCUT2D eigenvalue weighted by Crippen LogP contribution is -2.08. The van der Waals surface area contributed by atoms with Gasteiger partial charge in [-0.1, -0.05) is 18.2 Å². The third-order valence-corrected chi connectivity index (χ3v) is 2.74. The lowest BCUT2D eigenvalue weighted by Gasteiger charge is -2.13. The molecule has 21 heavy (non-hydrogen) atoms. The van der Waals surface area contributed by atoms with E-state index < -0.39 is 17.6 Å². The summed E-state index contributed by atoms with van der Waals surface area (Å²) in [7, 11) is 0. The summed E-state index contributed by atoms with van der Waals surface area (Å²) in [5, 5.41) is 8.70. The Hall–Kier alpha value is -2.55. The zero-order valence-corrected chi connectivity index (χ0v) is 10.6. The van der Waals surface area contributed by atoms with Gasteiger partial charge in [-0.3, -0.25) is 0 Å². The predicted molar refractivity (Wildman–Crippen MR) is 66.9 cm³/mol. The summed E-state index contributed by atoms with van der Waals surface area (Å²) in [5.41, 5.74) is -0.655. The number of hydrogen-bond acceptors (Lipinski definition) is 2. The Kier molecular flexibility index (Phi) is 4.13. The number of ether oxygens (including phenoxy) is 1. The van der Waals surface area contributed by atoms with E-state index in [2.05, 4.69) is 0 Å². The van der Waals surface area contributed by atoms with Gasteiger partial charge in [0.1, 0.15) is 24.2 Å². The summed E-state index contributed by atoms with van der Waals surface area (Å²) in [6, 6.07) is 10.1. The van der Waals surface area contributed by atoms with Crippen molar-refractivity contribution >= 4 is 0 Å². The molecule has 6 heteroatoms. The molecule has 0 aliphatic carbocycles. The maximum absolute atomic E-state index is 13.1. The van der Waals surface area contributed by atoms with E-state index in [0.29, 0.717) is 5.56 Å². The van der Waals surface area contributed by atoms with Crippen LogP contribution in [0.25, 0.3) is 0 Å². The predicted octanol–water partition coefficient (Wildman–Crippen LogP) is 4.30. The number of nitrogens with zero attached hydrogens (tertiary/aromatic N) is 1. The molecule has 2 aromatic rings. The molecule has 0 aromatic heterocycles. The highest BCUT2D eigenvalue weighted by molar-refractivity contribution is 5.37. The summed E-state index contributed by atoms with van der Waals surface area (Å²) in [6.07, 6.45) is -4.52. The van der Waals surface area contributed by atoms with Crippen LogP contribution in [0.15, 0.2) is 42.5 Å². The molecular weight excluding hydrogens is 286 g/mol. The van der Waals surface area contributed by atoms with Crippen molar-refractivity contribution in [1.29, 1.82) is 5.26 Å². The summed E-state index contributed by atoms with van der Waals surface area (Å²) in [4.78, 5) is 0. The van der Waals surface area contributed by atoms with E-state index in [4.69, 9.17) is 10.00 Å². The van der Waals surface area contributed by atoms with Crippen molar-refractivity contribution in [3.8, 4) is 11.8 Å². The average molecular weight is 295 g/mol. The second kappa shape index (κ2) is 5.83. The van der Waals surface area contributed by atoms with Gasteiger partial charge in [-0.25, -0.2) is 4.39 Å². The fourth-order valence-electron chi connectivity index (χ4n) is 1.74. The van der Waals surface area contributed by atoms with E-state index in [0.717, 1.165) is 12.1 Å². The highest BCUT2D eigenvalue weighted by Gasteiger charge is 2.33. The molecule has 0 saturated heterocycles. The molecule has 2 rings (SSSR count). The zero-order valence-electron chi connectivity index (χ0n) is 10.6. The van der Waals surface area contributed by atoms with Gasteiger partial charge in [-0.2, -0.15) is 18.4 Å². The first-order valence-electron chi connectivity index (χ1n) is 5.89. The number of rotatable bonds is 3. The molecule has 0 aliphatic heterocycles. The Morgan fingerprint density at radius 1 is 1.10 bits per heavy atom. The molecule has 0 radical (unpaired) electrons. The molecule has 108 valence electrons.